The summed E-state index contributed by atoms with van der Waals surface area (Å²) in [6, 6.07) is 8.10. The third-order valence-electron chi connectivity index (χ3n) is 7.08. The van der Waals surface area contributed by atoms with Gasteiger partial charge >= 0.3 is 196 Å². The molecular weight excluding hydrogens is 508 g/mol. The van der Waals surface area contributed by atoms with E-state index < -0.39 is 54.6 Å². The summed E-state index contributed by atoms with van der Waals surface area (Å²) in [4.78, 5) is 0. The standard InChI is InChI=1S/C15H7F4.C9H13.C2H6Si.Zr/c16-11-7-12(17)14(18)15(19)13(11)10-6-5-8-3-1-2-4-9(8)10;1-6-5-7(2)9(4)8(6)3;1-3-2;/h1-7H;6H,1-4H3;1-2H3;. The summed E-state index contributed by atoms with van der Waals surface area (Å²) >= 11 is -2.36. The van der Waals surface area contributed by atoms with Gasteiger partial charge in [-0.15, -0.1) is 0 Å². The van der Waals surface area contributed by atoms with Crippen molar-refractivity contribution in [3.63, 3.8) is 0 Å². The normalized spacial score (nSPS) is 20.1. The molecule has 0 aromatic heterocycles. The van der Waals surface area contributed by atoms with E-state index in [1.54, 1.807) is 3.28 Å². The Hall–Kier alpha value is -1.52. The van der Waals surface area contributed by atoms with Crippen LogP contribution in [0, 0.1) is 29.2 Å². The van der Waals surface area contributed by atoms with Crippen LogP contribution >= 0.6 is 0 Å². The van der Waals surface area contributed by atoms with Gasteiger partial charge in [0.15, 0.2) is 0 Å². The molecule has 0 radical (unpaired) electrons. The molecule has 4 rings (SSSR count). The van der Waals surface area contributed by atoms with Crippen molar-refractivity contribution in [1.82, 2.24) is 0 Å². The summed E-state index contributed by atoms with van der Waals surface area (Å²) in [6.45, 7) is 13.6. The van der Waals surface area contributed by atoms with Crippen molar-refractivity contribution in [2.45, 2.75) is 44.4 Å². The Kier molecular flexibility index (Phi) is 6.41. The first-order chi connectivity index (χ1) is 15.1. The molecule has 2 aliphatic rings. The van der Waals surface area contributed by atoms with Crippen molar-refractivity contribution < 1.29 is 37.9 Å². The maximum absolute atomic E-state index is 14.8. The Bertz CT molecular complexity index is 1280. The molecule has 2 aromatic rings. The van der Waals surface area contributed by atoms with Gasteiger partial charge in [-0.25, -0.2) is 0 Å². The second-order valence-corrected chi connectivity index (χ2v) is 26.4. The monoisotopic (exact) mass is 532 g/mol. The second-order valence-electron chi connectivity index (χ2n) is 8.97. The van der Waals surface area contributed by atoms with Crippen LogP contribution in [0.4, 0.5) is 17.6 Å². The number of benzene rings is 2. The predicted molar refractivity (Wildman–Crippen MR) is 120 cm³/mol. The molecule has 0 aliphatic heterocycles. The summed E-state index contributed by atoms with van der Waals surface area (Å²) in [7, 11) is 0. The zero-order valence-corrected chi connectivity index (χ0v) is 22.6. The third-order valence-corrected chi connectivity index (χ3v) is 25.7. The summed E-state index contributed by atoms with van der Waals surface area (Å²) in [5.74, 6) is -5.26. The van der Waals surface area contributed by atoms with E-state index in [-0.39, 0.29) is 3.63 Å². The number of hydrogen-bond acceptors (Lipinski definition) is 0. The van der Waals surface area contributed by atoms with Crippen LogP contribution in [-0.4, -0.2) is 5.43 Å². The zero-order valence-electron chi connectivity index (χ0n) is 19.1. The Morgan fingerprint density at radius 2 is 1.53 bits per heavy atom. The van der Waals surface area contributed by atoms with Crippen molar-refractivity contribution in [2.24, 2.45) is 5.92 Å². The van der Waals surface area contributed by atoms with Crippen LogP contribution in [0.2, 0.25) is 13.1 Å². The fraction of sp³-hybridized carbons (Fsp3) is 0.308. The molecule has 0 spiro atoms. The first kappa shape index (κ1) is 23.6. The van der Waals surface area contributed by atoms with E-state index in [0.29, 0.717) is 17.6 Å². The van der Waals surface area contributed by atoms with E-state index in [2.05, 4.69) is 40.8 Å². The van der Waals surface area contributed by atoms with E-state index in [1.165, 1.54) is 16.7 Å². The first-order valence-electron chi connectivity index (χ1n) is 10.8. The second kappa shape index (κ2) is 8.68. The minimum atomic E-state index is -2.36. The molecule has 2 aliphatic carbocycles. The summed E-state index contributed by atoms with van der Waals surface area (Å²) in [5, 5.41) is 0. The van der Waals surface area contributed by atoms with Crippen LogP contribution in [0.1, 0.15) is 48.0 Å². The summed E-state index contributed by atoms with van der Waals surface area (Å²) in [5.41, 5.74) is 5.17. The Labute approximate surface area is 195 Å². The van der Waals surface area contributed by atoms with Gasteiger partial charge in [-0.1, -0.05) is 0 Å². The van der Waals surface area contributed by atoms with Crippen molar-refractivity contribution in [1.29, 1.82) is 0 Å². The number of halogens is 4. The van der Waals surface area contributed by atoms with Crippen molar-refractivity contribution in [3.05, 3.63) is 96.4 Å². The van der Waals surface area contributed by atoms with Gasteiger partial charge in [-0.2, -0.15) is 0 Å². The number of allylic oxidation sites excluding steroid dienone is 5. The molecule has 0 heterocycles. The molecule has 0 saturated heterocycles. The summed E-state index contributed by atoms with van der Waals surface area (Å²) in [6.07, 6.45) is 1.96. The fourth-order valence-corrected chi connectivity index (χ4v) is 24.9. The Morgan fingerprint density at radius 1 is 0.875 bits per heavy atom. The van der Waals surface area contributed by atoms with Gasteiger partial charge in [0.1, 0.15) is 0 Å². The Morgan fingerprint density at radius 3 is 2.12 bits per heavy atom. The van der Waals surface area contributed by atoms with Crippen LogP contribution in [0.15, 0.2) is 56.4 Å². The average molecular weight is 534 g/mol. The number of fused-ring (bicyclic) bond motifs is 1. The molecule has 0 amide bonds. The van der Waals surface area contributed by atoms with Gasteiger partial charge in [0.25, 0.3) is 0 Å². The molecule has 0 bridgehead atoms. The first-order valence-corrected chi connectivity index (χ1v) is 19.6. The van der Waals surface area contributed by atoms with E-state index in [4.69, 9.17) is 0 Å². The van der Waals surface area contributed by atoms with Crippen molar-refractivity contribution in [2.75, 3.05) is 0 Å². The van der Waals surface area contributed by atoms with Crippen LogP contribution < -0.4 is 0 Å². The van der Waals surface area contributed by atoms with E-state index in [1.807, 2.05) is 30.3 Å². The van der Waals surface area contributed by atoms with Crippen molar-refractivity contribution in [3.8, 4) is 0 Å². The fourth-order valence-electron chi connectivity index (χ4n) is 5.18. The van der Waals surface area contributed by atoms with Crippen LogP contribution in [0.5, 0.6) is 0 Å². The van der Waals surface area contributed by atoms with E-state index in [0.717, 1.165) is 11.1 Å². The van der Waals surface area contributed by atoms with Gasteiger partial charge in [0.05, 0.1) is 0 Å². The van der Waals surface area contributed by atoms with Crippen LogP contribution in [0.3, 0.4) is 0 Å². The minimum absolute atomic E-state index is 0.116. The van der Waals surface area contributed by atoms with Gasteiger partial charge in [0, 0.05) is 0 Å². The maximum atomic E-state index is 14.8. The van der Waals surface area contributed by atoms with Crippen LogP contribution in [0.25, 0.3) is 5.57 Å². The van der Waals surface area contributed by atoms with Gasteiger partial charge in [-0.05, 0) is 0 Å². The topological polar surface area (TPSA) is 0 Å². The molecular formula is C26H26F4SiZr. The SMILES string of the molecule is CC1=C(C)C(C)[C]([Zr]([CH]2C=C(c3c(F)cc(F)c(F)c3F)c3ccccc32)=[Si](C)C)=C1C. The van der Waals surface area contributed by atoms with E-state index >= 15 is 0 Å². The molecule has 0 N–H and O–H groups in total. The molecule has 0 saturated carbocycles. The molecule has 2 unspecified atom stereocenters. The molecule has 0 nitrogen and oxygen atoms in total. The Balaban J connectivity index is 1.97. The van der Waals surface area contributed by atoms with Gasteiger partial charge < -0.3 is 0 Å². The van der Waals surface area contributed by atoms with Crippen molar-refractivity contribution >= 4 is 11.0 Å². The van der Waals surface area contributed by atoms with E-state index in [9.17, 15) is 17.6 Å². The molecule has 166 valence electrons. The van der Waals surface area contributed by atoms with Gasteiger partial charge in [-0.3, -0.25) is 0 Å². The molecule has 0 fully saturated rings. The molecule has 6 heteroatoms. The summed E-state index contributed by atoms with van der Waals surface area (Å²) < 4.78 is 59.0. The predicted octanol–water partition coefficient (Wildman–Crippen LogP) is 7.86. The third kappa shape index (κ3) is 3.58. The molecule has 32 heavy (non-hydrogen) atoms. The zero-order chi connectivity index (χ0) is 23.5. The average Bonchev–Trinajstić information content (AvgIpc) is 3.20. The van der Waals surface area contributed by atoms with Crippen LogP contribution in [-0.2, 0) is 20.4 Å². The molecule has 2 aromatic carbocycles. The quantitative estimate of drug-likeness (QED) is 0.163. The van der Waals surface area contributed by atoms with Gasteiger partial charge in [0.2, 0.25) is 0 Å². The molecule has 2 atom stereocenters. The number of hydrogen-bond donors (Lipinski definition) is 0. The number of rotatable bonds is 3.